The zero-order valence-corrected chi connectivity index (χ0v) is 16.5. The number of carbonyl (C=O) groups is 2. The Morgan fingerprint density at radius 3 is 2.59 bits per heavy atom. The summed E-state index contributed by atoms with van der Waals surface area (Å²) in [4.78, 5) is 26.8. The van der Waals surface area contributed by atoms with Crippen molar-refractivity contribution >= 4 is 51.9 Å². The summed E-state index contributed by atoms with van der Waals surface area (Å²) < 4.78 is 0.357. The predicted octanol–water partition coefficient (Wildman–Crippen LogP) is 3.85. The van der Waals surface area contributed by atoms with Crippen molar-refractivity contribution in [3.05, 3.63) is 64.1 Å². The van der Waals surface area contributed by atoms with E-state index in [1.54, 1.807) is 25.1 Å². The topological polar surface area (TPSA) is 69.6 Å². The Labute approximate surface area is 167 Å². The molecule has 1 aliphatic rings. The van der Waals surface area contributed by atoms with Crippen molar-refractivity contribution in [1.29, 1.82) is 0 Å². The van der Waals surface area contributed by atoms with E-state index in [1.807, 2.05) is 31.2 Å². The van der Waals surface area contributed by atoms with Gasteiger partial charge in [-0.25, -0.2) is 0 Å². The number of benzene rings is 2. The van der Waals surface area contributed by atoms with Crippen LogP contribution in [-0.4, -0.2) is 32.7 Å². The van der Waals surface area contributed by atoms with E-state index < -0.39 is 0 Å². The van der Waals surface area contributed by atoms with Gasteiger partial charge in [0.15, 0.2) is 0 Å². The Morgan fingerprint density at radius 1 is 1.22 bits per heavy atom. The molecule has 0 saturated carbocycles. The summed E-state index contributed by atoms with van der Waals surface area (Å²) in [6, 6.07) is 12.5. The summed E-state index contributed by atoms with van der Waals surface area (Å²) in [5.74, 6) is -0.497. The van der Waals surface area contributed by atoms with Crippen LogP contribution in [0.15, 0.2) is 47.4 Å². The summed E-state index contributed by atoms with van der Waals surface area (Å²) in [6.45, 7) is 3.62. The summed E-state index contributed by atoms with van der Waals surface area (Å²) in [7, 11) is 0. The van der Waals surface area contributed by atoms with Crippen LogP contribution in [0.3, 0.4) is 0 Å². The van der Waals surface area contributed by atoms with E-state index in [1.165, 1.54) is 22.7 Å². The molecule has 1 heterocycles. The molecular weight excluding hydrogens is 380 g/mol. The van der Waals surface area contributed by atoms with Crippen LogP contribution >= 0.6 is 24.0 Å². The molecule has 0 aromatic heterocycles. The first-order chi connectivity index (χ1) is 12.8. The number of phenols is 1. The highest BCUT2D eigenvalue weighted by molar-refractivity contribution is 8.26. The number of thioether (sulfide) groups is 1. The molecule has 1 fully saturated rings. The van der Waals surface area contributed by atoms with E-state index >= 15 is 0 Å². The molecule has 2 aromatic rings. The fraction of sp³-hybridized carbons (Fsp3) is 0.150. The molecule has 0 radical (unpaired) electrons. The number of aromatic hydroxyl groups is 1. The lowest BCUT2D eigenvalue weighted by atomic mass is 10.1. The second-order valence-electron chi connectivity index (χ2n) is 6.23. The average Bonchev–Trinajstić information content (AvgIpc) is 2.87. The number of phenolic OH excluding ortho intramolecular Hbond substituents is 1. The number of thiocarbonyl (C=S) groups is 1. The molecule has 1 aliphatic heterocycles. The summed E-state index contributed by atoms with van der Waals surface area (Å²) in [5, 5.41) is 12.2. The van der Waals surface area contributed by atoms with Gasteiger partial charge in [0.05, 0.1) is 4.91 Å². The molecule has 0 aliphatic carbocycles. The first kappa shape index (κ1) is 19.1. The van der Waals surface area contributed by atoms with Crippen molar-refractivity contribution in [3.8, 4) is 5.75 Å². The third-order valence-corrected chi connectivity index (χ3v) is 5.41. The third-order valence-electron chi connectivity index (χ3n) is 4.03. The minimum Gasteiger partial charge on any atom is -0.508 e. The van der Waals surface area contributed by atoms with Crippen LogP contribution in [0.25, 0.3) is 6.08 Å². The molecular formula is C20H18N2O3S2. The van der Waals surface area contributed by atoms with Gasteiger partial charge in [0.1, 0.15) is 16.6 Å². The number of hydrogen-bond acceptors (Lipinski definition) is 5. The van der Waals surface area contributed by atoms with Gasteiger partial charge in [-0.2, -0.15) is 0 Å². The van der Waals surface area contributed by atoms with Gasteiger partial charge in [-0.15, -0.1) is 0 Å². The maximum atomic E-state index is 12.6. The molecule has 27 heavy (non-hydrogen) atoms. The van der Waals surface area contributed by atoms with Crippen molar-refractivity contribution < 1.29 is 14.7 Å². The SMILES string of the molecule is Cc1ccc(/C=C2\SC(=S)N(CC(=O)Nc3ccc(O)cc3C)C2=O)cc1. The molecule has 2 N–H and O–H groups in total. The number of amides is 2. The summed E-state index contributed by atoms with van der Waals surface area (Å²) >= 11 is 6.46. The number of nitrogens with one attached hydrogen (secondary N) is 1. The highest BCUT2D eigenvalue weighted by atomic mass is 32.2. The lowest BCUT2D eigenvalue weighted by Crippen LogP contribution is -2.36. The molecule has 0 atom stereocenters. The van der Waals surface area contributed by atoms with Gasteiger partial charge < -0.3 is 10.4 Å². The molecule has 2 amide bonds. The molecule has 0 bridgehead atoms. The molecule has 0 spiro atoms. The smallest absolute Gasteiger partial charge is 0.266 e. The monoisotopic (exact) mass is 398 g/mol. The molecule has 1 saturated heterocycles. The number of carbonyl (C=O) groups excluding carboxylic acids is 2. The first-order valence-electron chi connectivity index (χ1n) is 8.25. The van der Waals surface area contributed by atoms with Gasteiger partial charge in [-0.1, -0.05) is 53.8 Å². The van der Waals surface area contributed by atoms with E-state index in [0.717, 1.165) is 16.7 Å². The Kier molecular flexibility index (Phi) is 5.62. The van der Waals surface area contributed by atoms with E-state index in [2.05, 4.69) is 5.32 Å². The van der Waals surface area contributed by atoms with Crippen molar-refractivity contribution in [2.45, 2.75) is 13.8 Å². The second kappa shape index (κ2) is 7.94. The Hall–Kier alpha value is -2.64. The number of rotatable bonds is 4. The second-order valence-corrected chi connectivity index (χ2v) is 7.90. The van der Waals surface area contributed by atoms with Crippen LogP contribution in [-0.2, 0) is 9.59 Å². The maximum absolute atomic E-state index is 12.6. The number of anilines is 1. The Bertz CT molecular complexity index is 952. The van der Waals surface area contributed by atoms with Crippen molar-refractivity contribution in [2.75, 3.05) is 11.9 Å². The highest BCUT2D eigenvalue weighted by Gasteiger charge is 2.33. The van der Waals surface area contributed by atoms with Crippen molar-refractivity contribution in [3.63, 3.8) is 0 Å². The Morgan fingerprint density at radius 2 is 1.93 bits per heavy atom. The van der Waals surface area contributed by atoms with Crippen molar-refractivity contribution in [1.82, 2.24) is 4.90 Å². The van der Waals surface area contributed by atoms with E-state index in [4.69, 9.17) is 12.2 Å². The fourth-order valence-corrected chi connectivity index (χ4v) is 3.83. The first-order valence-corrected chi connectivity index (χ1v) is 9.47. The normalized spacial score (nSPS) is 15.5. The van der Waals surface area contributed by atoms with Crippen LogP contribution in [0.5, 0.6) is 5.75 Å². The van der Waals surface area contributed by atoms with Crippen LogP contribution in [0.1, 0.15) is 16.7 Å². The van der Waals surface area contributed by atoms with Crippen LogP contribution in [0.4, 0.5) is 5.69 Å². The quantitative estimate of drug-likeness (QED) is 0.465. The van der Waals surface area contributed by atoms with Gasteiger partial charge in [-0.3, -0.25) is 14.5 Å². The number of hydrogen-bond donors (Lipinski definition) is 2. The van der Waals surface area contributed by atoms with Gasteiger partial charge >= 0.3 is 0 Å². The van der Waals surface area contributed by atoms with Gasteiger partial charge in [0, 0.05) is 5.69 Å². The van der Waals surface area contributed by atoms with Crippen molar-refractivity contribution in [2.24, 2.45) is 0 Å². The van der Waals surface area contributed by atoms with Crippen LogP contribution < -0.4 is 5.32 Å². The molecule has 0 unspecified atom stereocenters. The molecule has 5 nitrogen and oxygen atoms in total. The van der Waals surface area contributed by atoms with Gasteiger partial charge in [0.2, 0.25) is 5.91 Å². The van der Waals surface area contributed by atoms with Crippen LogP contribution in [0, 0.1) is 13.8 Å². The average molecular weight is 399 g/mol. The Balaban J connectivity index is 1.69. The molecule has 2 aromatic carbocycles. The standard InChI is InChI=1S/C20H18N2O3S2/c1-12-3-5-14(6-4-12)10-17-19(25)22(20(26)27-17)11-18(24)21-16-8-7-15(23)9-13(16)2/h3-10,23H,11H2,1-2H3,(H,21,24)/b17-10-. The molecule has 3 rings (SSSR count). The predicted molar refractivity (Wildman–Crippen MR) is 113 cm³/mol. The number of aryl methyl sites for hydroxylation is 2. The molecule has 7 heteroatoms. The zero-order chi connectivity index (χ0) is 19.6. The summed E-state index contributed by atoms with van der Waals surface area (Å²) in [5.41, 5.74) is 3.36. The lowest BCUT2D eigenvalue weighted by Gasteiger charge is -2.15. The highest BCUT2D eigenvalue weighted by Crippen LogP contribution is 2.32. The summed E-state index contributed by atoms with van der Waals surface area (Å²) in [6.07, 6.45) is 1.78. The number of nitrogens with zero attached hydrogens (tertiary/aromatic N) is 1. The minimum absolute atomic E-state index is 0.128. The van der Waals surface area contributed by atoms with Gasteiger partial charge in [0.25, 0.3) is 5.91 Å². The van der Waals surface area contributed by atoms with E-state index in [9.17, 15) is 14.7 Å². The zero-order valence-electron chi connectivity index (χ0n) is 14.9. The van der Waals surface area contributed by atoms with E-state index in [0.29, 0.717) is 14.9 Å². The minimum atomic E-state index is -0.350. The maximum Gasteiger partial charge on any atom is 0.266 e. The fourth-order valence-electron chi connectivity index (χ4n) is 2.57. The molecule has 138 valence electrons. The van der Waals surface area contributed by atoms with Gasteiger partial charge in [-0.05, 0) is 49.2 Å². The van der Waals surface area contributed by atoms with E-state index in [-0.39, 0.29) is 24.1 Å². The van der Waals surface area contributed by atoms with Crippen LogP contribution in [0.2, 0.25) is 0 Å². The lowest BCUT2D eigenvalue weighted by molar-refractivity contribution is -0.126. The largest absolute Gasteiger partial charge is 0.508 e. The third kappa shape index (κ3) is 4.56.